The van der Waals surface area contributed by atoms with Crippen molar-refractivity contribution < 1.29 is 27.1 Å². The van der Waals surface area contributed by atoms with Gasteiger partial charge in [0.05, 0.1) is 12.8 Å². The summed E-state index contributed by atoms with van der Waals surface area (Å²) in [7, 11) is 1.08. The van der Waals surface area contributed by atoms with Gasteiger partial charge in [0, 0.05) is 5.56 Å². The zero-order valence-electron chi connectivity index (χ0n) is 12.0. The van der Waals surface area contributed by atoms with Crippen LogP contribution in [0.2, 0.25) is 0 Å². The van der Waals surface area contributed by atoms with Gasteiger partial charge < -0.3 is 4.74 Å². The molecule has 0 amide bonds. The third-order valence-corrected chi connectivity index (χ3v) is 3.10. The minimum atomic E-state index is -4.79. The molecule has 0 spiro atoms. The Kier molecular flexibility index (Phi) is 3.66. The SMILES string of the molecule is COC(=O)c1cc(-c2ccc(F)cc2)nc2nc(C(F)(F)F)nn12. The van der Waals surface area contributed by atoms with Gasteiger partial charge in [0.15, 0.2) is 5.69 Å². The maximum Gasteiger partial charge on any atom is 0.453 e. The number of benzene rings is 1. The number of nitrogens with zero attached hydrogens (tertiary/aromatic N) is 4. The van der Waals surface area contributed by atoms with Gasteiger partial charge in [-0.15, -0.1) is 5.10 Å². The number of esters is 1. The molecule has 0 atom stereocenters. The number of alkyl halides is 3. The molecule has 1 aromatic carbocycles. The topological polar surface area (TPSA) is 69.4 Å². The molecule has 3 aromatic rings. The highest BCUT2D eigenvalue weighted by atomic mass is 19.4. The minimum absolute atomic E-state index is 0.129. The fourth-order valence-electron chi connectivity index (χ4n) is 2.01. The summed E-state index contributed by atoms with van der Waals surface area (Å²) in [5.74, 6) is -3.26. The Bertz CT molecular complexity index is 919. The van der Waals surface area contributed by atoms with E-state index < -0.39 is 29.6 Å². The molecule has 0 aliphatic heterocycles. The number of carbonyl (C=O) groups excluding carboxylic acids is 1. The Morgan fingerprint density at radius 3 is 2.42 bits per heavy atom. The lowest BCUT2D eigenvalue weighted by Crippen LogP contribution is -2.12. The number of hydrogen-bond donors (Lipinski definition) is 0. The first-order valence-corrected chi connectivity index (χ1v) is 6.49. The van der Waals surface area contributed by atoms with Crippen molar-refractivity contribution >= 4 is 11.7 Å². The predicted molar refractivity (Wildman–Crippen MR) is 72.5 cm³/mol. The summed E-state index contributed by atoms with van der Waals surface area (Å²) in [4.78, 5) is 19.1. The van der Waals surface area contributed by atoms with Crippen LogP contribution in [0, 0.1) is 5.82 Å². The highest BCUT2D eigenvalue weighted by Crippen LogP contribution is 2.27. The first-order valence-electron chi connectivity index (χ1n) is 6.49. The van der Waals surface area contributed by atoms with Crippen molar-refractivity contribution in [3.63, 3.8) is 0 Å². The molecule has 0 aliphatic carbocycles. The second-order valence-corrected chi connectivity index (χ2v) is 4.67. The van der Waals surface area contributed by atoms with Gasteiger partial charge >= 0.3 is 12.1 Å². The summed E-state index contributed by atoms with van der Waals surface area (Å²) in [5, 5.41) is 3.26. The van der Waals surface area contributed by atoms with Crippen LogP contribution in [0.3, 0.4) is 0 Å². The fraction of sp³-hybridized carbons (Fsp3) is 0.143. The largest absolute Gasteiger partial charge is 0.464 e. The zero-order valence-corrected chi connectivity index (χ0v) is 12.0. The molecule has 0 N–H and O–H groups in total. The molecule has 2 heterocycles. The van der Waals surface area contributed by atoms with Crippen molar-refractivity contribution in [3.05, 3.63) is 47.7 Å². The number of ether oxygens (including phenoxy) is 1. The van der Waals surface area contributed by atoms with E-state index in [4.69, 9.17) is 0 Å². The van der Waals surface area contributed by atoms with Gasteiger partial charge in [0.2, 0.25) is 0 Å². The van der Waals surface area contributed by atoms with Gasteiger partial charge in [-0.05, 0) is 30.3 Å². The molecule has 0 saturated heterocycles. The van der Waals surface area contributed by atoms with Crippen LogP contribution >= 0.6 is 0 Å². The van der Waals surface area contributed by atoms with Crippen LogP contribution in [0.4, 0.5) is 17.6 Å². The van der Waals surface area contributed by atoms with Gasteiger partial charge in [-0.25, -0.2) is 14.2 Å². The fourth-order valence-corrected chi connectivity index (χ4v) is 2.01. The quantitative estimate of drug-likeness (QED) is 0.530. The molecular weight excluding hydrogens is 332 g/mol. The summed E-state index contributed by atoms with van der Waals surface area (Å²) in [6, 6.07) is 6.25. The van der Waals surface area contributed by atoms with Gasteiger partial charge in [-0.1, -0.05) is 0 Å². The normalized spacial score (nSPS) is 11.7. The first kappa shape index (κ1) is 15.8. The molecule has 3 rings (SSSR count). The number of rotatable bonds is 2. The second kappa shape index (κ2) is 5.55. The molecule has 0 fully saturated rings. The van der Waals surface area contributed by atoms with E-state index in [1.165, 1.54) is 18.2 Å². The molecule has 0 unspecified atom stereocenters. The standard InChI is InChI=1S/C14H8F4N4O2/c1-24-11(23)10-6-9(7-2-4-8(15)5-3-7)19-13-20-12(14(16,17)18)21-22(10)13/h2-6H,1H3. The lowest BCUT2D eigenvalue weighted by molar-refractivity contribution is -0.144. The van der Waals surface area contributed by atoms with Crippen molar-refractivity contribution in [2.45, 2.75) is 6.18 Å². The van der Waals surface area contributed by atoms with Crippen molar-refractivity contribution in [1.82, 2.24) is 19.6 Å². The number of carbonyl (C=O) groups is 1. The number of hydrogen-bond acceptors (Lipinski definition) is 5. The Labute approximate surface area is 131 Å². The number of aromatic nitrogens is 4. The van der Waals surface area contributed by atoms with Crippen LogP contribution < -0.4 is 0 Å². The average molecular weight is 340 g/mol. The van der Waals surface area contributed by atoms with E-state index in [2.05, 4.69) is 19.8 Å². The van der Waals surface area contributed by atoms with E-state index in [1.54, 1.807) is 0 Å². The molecule has 24 heavy (non-hydrogen) atoms. The molecular formula is C14H8F4N4O2. The first-order chi connectivity index (χ1) is 11.3. The minimum Gasteiger partial charge on any atom is -0.464 e. The van der Waals surface area contributed by atoms with E-state index in [-0.39, 0.29) is 11.4 Å². The highest BCUT2D eigenvalue weighted by Gasteiger charge is 2.37. The Hall–Kier alpha value is -3.04. The van der Waals surface area contributed by atoms with Crippen LogP contribution in [0.5, 0.6) is 0 Å². The molecule has 0 bridgehead atoms. The highest BCUT2D eigenvalue weighted by molar-refractivity contribution is 5.89. The van der Waals surface area contributed by atoms with E-state index in [0.29, 0.717) is 10.1 Å². The molecule has 0 radical (unpaired) electrons. The second-order valence-electron chi connectivity index (χ2n) is 4.67. The lowest BCUT2D eigenvalue weighted by atomic mass is 10.1. The Morgan fingerprint density at radius 2 is 1.83 bits per heavy atom. The average Bonchev–Trinajstić information content (AvgIpc) is 2.98. The molecule has 2 aromatic heterocycles. The van der Waals surface area contributed by atoms with E-state index in [9.17, 15) is 22.4 Å². The molecule has 10 heteroatoms. The predicted octanol–water partition coefficient (Wildman–Crippen LogP) is 2.74. The number of halogens is 4. The third-order valence-electron chi connectivity index (χ3n) is 3.10. The summed E-state index contributed by atoms with van der Waals surface area (Å²) in [6.45, 7) is 0. The zero-order chi connectivity index (χ0) is 17.5. The maximum atomic E-state index is 13.0. The smallest absolute Gasteiger partial charge is 0.453 e. The summed E-state index contributed by atoms with van der Waals surface area (Å²) >= 11 is 0. The van der Waals surface area contributed by atoms with Gasteiger partial charge in [-0.3, -0.25) is 0 Å². The molecule has 0 aliphatic rings. The van der Waals surface area contributed by atoms with Crippen LogP contribution in [0.1, 0.15) is 16.3 Å². The van der Waals surface area contributed by atoms with Crippen molar-refractivity contribution in [1.29, 1.82) is 0 Å². The van der Waals surface area contributed by atoms with E-state index >= 15 is 0 Å². The number of methoxy groups -OCH3 is 1. The summed E-state index contributed by atoms with van der Waals surface area (Å²) in [6.07, 6.45) is -4.79. The van der Waals surface area contributed by atoms with E-state index in [1.807, 2.05) is 0 Å². The molecule has 0 saturated carbocycles. The van der Waals surface area contributed by atoms with Gasteiger partial charge in [-0.2, -0.15) is 22.7 Å². The van der Waals surface area contributed by atoms with Gasteiger partial charge in [0.25, 0.3) is 11.6 Å². The third kappa shape index (κ3) is 2.77. The molecule has 124 valence electrons. The van der Waals surface area contributed by atoms with Crippen molar-refractivity contribution in [3.8, 4) is 11.3 Å². The Balaban J connectivity index is 2.25. The van der Waals surface area contributed by atoms with Crippen molar-refractivity contribution in [2.75, 3.05) is 7.11 Å². The van der Waals surface area contributed by atoms with Crippen LogP contribution in [-0.2, 0) is 10.9 Å². The lowest BCUT2D eigenvalue weighted by Gasteiger charge is -2.05. The summed E-state index contributed by atoms with van der Waals surface area (Å²) < 4.78 is 56.6. The Morgan fingerprint density at radius 1 is 1.17 bits per heavy atom. The number of fused-ring (bicyclic) bond motifs is 1. The van der Waals surface area contributed by atoms with Crippen LogP contribution in [0.25, 0.3) is 17.0 Å². The monoisotopic (exact) mass is 340 g/mol. The maximum absolute atomic E-state index is 13.0. The summed E-state index contributed by atoms with van der Waals surface area (Å²) in [5.41, 5.74) is 0.231. The van der Waals surface area contributed by atoms with Crippen molar-refractivity contribution in [2.24, 2.45) is 0 Å². The van der Waals surface area contributed by atoms with Crippen LogP contribution in [0.15, 0.2) is 30.3 Å². The van der Waals surface area contributed by atoms with Gasteiger partial charge in [0.1, 0.15) is 5.82 Å². The molecule has 6 nitrogen and oxygen atoms in total. The van der Waals surface area contributed by atoms with E-state index in [0.717, 1.165) is 19.2 Å². The van der Waals surface area contributed by atoms with Crippen LogP contribution in [-0.4, -0.2) is 32.7 Å².